The third kappa shape index (κ3) is 5.65. The highest BCUT2D eigenvalue weighted by atomic mass is 16.3. The molecule has 0 radical (unpaired) electrons. The Morgan fingerprint density at radius 3 is 2.43 bits per heavy atom. The number of nitrogens with two attached hydrogens (primary N) is 1. The highest BCUT2D eigenvalue weighted by Crippen LogP contribution is 2.29. The van der Waals surface area contributed by atoms with E-state index in [0.29, 0.717) is 5.69 Å². The first-order chi connectivity index (χ1) is 13.1. The van der Waals surface area contributed by atoms with E-state index in [1.165, 1.54) is 0 Å². The Morgan fingerprint density at radius 1 is 1.18 bits per heavy atom. The fourth-order valence-corrected chi connectivity index (χ4v) is 3.06. The number of benzene rings is 1. The first-order valence-corrected chi connectivity index (χ1v) is 8.90. The summed E-state index contributed by atoms with van der Waals surface area (Å²) in [6.45, 7) is 1.83. The lowest BCUT2D eigenvalue weighted by Gasteiger charge is -2.41. The number of anilines is 1. The Kier molecular flexibility index (Phi) is 6.95. The number of aliphatic hydroxyl groups is 3. The first kappa shape index (κ1) is 21.6. The number of aryl methyl sites for hydroxylation is 1. The molecule has 4 amide bonds. The van der Waals surface area contributed by atoms with E-state index in [-0.39, 0.29) is 19.4 Å². The normalized spacial score (nSPS) is 26.9. The maximum absolute atomic E-state index is 12.3. The van der Waals surface area contributed by atoms with Crippen LogP contribution in [-0.4, -0.2) is 63.6 Å². The van der Waals surface area contributed by atoms with Crippen molar-refractivity contribution in [3.8, 4) is 0 Å². The van der Waals surface area contributed by atoms with E-state index in [9.17, 15) is 29.7 Å². The minimum absolute atomic E-state index is 0.0683. The molecule has 8 N–H and O–H groups in total. The van der Waals surface area contributed by atoms with Gasteiger partial charge < -0.3 is 37.0 Å². The van der Waals surface area contributed by atoms with Crippen LogP contribution in [0, 0.1) is 6.92 Å². The molecule has 10 heteroatoms. The fraction of sp³-hybridized carbons (Fsp3) is 0.500. The Morgan fingerprint density at radius 2 is 1.82 bits per heavy atom. The average molecular weight is 394 g/mol. The molecule has 4 atom stereocenters. The van der Waals surface area contributed by atoms with Gasteiger partial charge in [0.05, 0.1) is 12.1 Å². The van der Waals surface area contributed by atoms with Gasteiger partial charge >= 0.3 is 6.03 Å². The zero-order chi connectivity index (χ0) is 20.9. The van der Waals surface area contributed by atoms with Gasteiger partial charge in [-0.1, -0.05) is 17.7 Å². The molecule has 28 heavy (non-hydrogen) atoms. The molecular formula is C18H26N4O6. The second kappa shape index (κ2) is 9.00. The summed E-state index contributed by atoms with van der Waals surface area (Å²) in [6.07, 6.45) is -3.61. The molecule has 0 unspecified atom stereocenters. The van der Waals surface area contributed by atoms with Crippen LogP contribution in [0.3, 0.4) is 0 Å². The maximum atomic E-state index is 12.3. The van der Waals surface area contributed by atoms with Gasteiger partial charge in [-0.15, -0.1) is 0 Å². The highest BCUT2D eigenvalue weighted by molar-refractivity contribution is 5.90. The number of carbonyl (C=O) groups excluding carboxylic acids is 3. The van der Waals surface area contributed by atoms with Crippen LogP contribution in [0.4, 0.5) is 10.5 Å². The molecule has 1 aliphatic carbocycles. The summed E-state index contributed by atoms with van der Waals surface area (Å²) in [5, 5.41) is 38.2. The molecule has 0 saturated heterocycles. The van der Waals surface area contributed by atoms with Crippen molar-refractivity contribution in [2.75, 3.05) is 11.9 Å². The molecule has 0 aromatic heterocycles. The fourth-order valence-electron chi connectivity index (χ4n) is 3.06. The average Bonchev–Trinajstić information content (AvgIpc) is 2.61. The molecule has 1 fully saturated rings. The largest absolute Gasteiger partial charge is 0.390 e. The van der Waals surface area contributed by atoms with Gasteiger partial charge in [-0.2, -0.15) is 0 Å². The summed E-state index contributed by atoms with van der Waals surface area (Å²) < 4.78 is 0. The van der Waals surface area contributed by atoms with Gasteiger partial charge in [0.2, 0.25) is 5.91 Å². The van der Waals surface area contributed by atoms with Crippen molar-refractivity contribution in [3.63, 3.8) is 0 Å². The molecule has 1 saturated carbocycles. The quantitative estimate of drug-likeness (QED) is 0.316. The molecular weight excluding hydrogens is 368 g/mol. The van der Waals surface area contributed by atoms with Crippen LogP contribution in [0.1, 0.15) is 24.8 Å². The van der Waals surface area contributed by atoms with Crippen LogP contribution in [0.2, 0.25) is 0 Å². The van der Waals surface area contributed by atoms with Gasteiger partial charge in [0.15, 0.2) is 0 Å². The Labute approximate surface area is 162 Å². The minimum atomic E-state index is -2.02. The molecule has 0 aliphatic heterocycles. The van der Waals surface area contributed by atoms with Crippen LogP contribution in [0.15, 0.2) is 24.3 Å². The van der Waals surface area contributed by atoms with E-state index < -0.39 is 48.1 Å². The second-order valence-corrected chi connectivity index (χ2v) is 7.04. The number of hydrogen-bond donors (Lipinski definition) is 7. The SMILES string of the molecule is Cc1ccc(NC(=O)N[C@@H]2C[C@@](O)(C(=O)NCCC(N)=O)C[C@@H](O)[C@@H]2O)cc1. The molecule has 10 nitrogen and oxygen atoms in total. The number of nitrogens with one attached hydrogen (secondary N) is 3. The number of primary amides is 1. The standard InChI is InChI=1S/C18H26N4O6/c1-10-2-4-11(5-3-10)21-17(27)22-12-8-18(28,9-13(23)15(12)25)16(26)20-7-6-14(19)24/h2-5,12-13,15,23,25,28H,6-9H2,1H3,(H2,19,24)(H,20,26)(H2,21,22,27)/t12-,13-,15-,18+/m1/s1. The van der Waals surface area contributed by atoms with Crippen LogP contribution < -0.4 is 21.7 Å². The molecule has 0 heterocycles. The van der Waals surface area contributed by atoms with Crippen molar-refractivity contribution in [1.29, 1.82) is 0 Å². The topological polar surface area (TPSA) is 174 Å². The van der Waals surface area contributed by atoms with Crippen LogP contribution in [0.25, 0.3) is 0 Å². The highest BCUT2D eigenvalue weighted by Gasteiger charge is 2.49. The third-order valence-electron chi connectivity index (χ3n) is 4.62. The lowest BCUT2D eigenvalue weighted by atomic mass is 9.77. The monoisotopic (exact) mass is 394 g/mol. The van der Waals surface area contributed by atoms with Crippen molar-refractivity contribution in [2.24, 2.45) is 5.73 Å². The summed E-state index contributed by atoms with van der Waals surface area (Å²) in [4.78, 5) is 35.2. The van der Waals surface area contributed by atoms with E-state index in [2.05, 4.69) is 16.0 Å². The molecule has 1 aliphatic rings. The summed E-state index contributed by atoms with van der Waals surface area (Å²) >= 11 is 0. The van der Waals surface area contributed by atoms with Gasteiger partial charge in [-0.25, -0.2) is 4.79 Å². The lowest BCUT2D eigenvalue weighted by Crippen LogP contribution is -2.63. The Balaban J connectivity index is 2.00. The van der Waals surface area contributed by atoms with E-state index in [0.717, 1.165) is 5.56 Å². The number of urea groups is 1. The van der Waals surface area contributed by atoms with E-state index in [4.69, 9.17) is 5.73 Å². The maximum Gasteiger partial charge on any atom is 0.319 e. The van der Waals surface area contributed by atoms with Gasteiger partial charge in [0.1, 0.15) is 11.7 Å². The number of amides is 4. The van der Waals surface area contributed by atoms with Gasteiger partial charge in [0, 0.05) is 31.5 Å². The van der Waals surface area contributed by atoms with Gasteiger partial charge in [0.25, 0.3) is 5.91 Å². The van der Waals surface area contributed by atoms with E-state index in [1.54, 1.807) is 12.1 Å². The zero-order valence-corrected chi connectivity index (χ0v) is 15.5. The molecule has 1 aromatic carbocycles. The number of aliphatic hydroxyl groups excluding tert-OH is 2. The molecule has 0 bridgehead atoms. The van der Waals surface area contributed by atoms with Crippen LogP contribution >= 0.6 is 0 Å². The smallest absolute Gasteiger partial charge is 0.319 e. The number of rotatable bonds is 6. The van der Waals surface area contributed by atoms with Crippen LogP contribution in [-0.2, 0) is 9.59 Å². The Bertz CT molecular complexity index is 725. The zero-order valence-electron chi connectivity index (χ0n) is 15.5. The van der Waals surface area contributed by atoms with Crippen molar-refractivity contribution < 1.29 is 29.7 Å². The summed E-state index contributed by atoms with van der Waals surface area (Å²) in [7, 11) is 0. The minimum Gasteiger partial charge on any atom is -0.390 e. The summed E-state index contributed by atoms with van der Waals surface area (Å²) in [5.74, 6) is -1.43. The van der Waals surface area contributed by atoms with Crippen molar-refractivity contribution in [1.82, 2.24) is 10.6 Å². The second-order valence-electron chi connectivity index (χ2n) is 7.04. The number of hydrogen-bond acceptors (Lipinski definition) is 6. The summed E-state index contributed by atoms with van der Waals surface area (Å²) in [5.41, 5.74) is 4.52. The van der Waals surface area contributed by atoms with E-state index >= 15 is 0 Å². The molecule has 1 aromatic rings. The molecule has 154 valence electrons. The Hall–Kier alpha value is -2.69. The van der Waals surface area contributed by atoms with Gasteiger partial charge in [-0.3, -0.25) is 9.59 Å². The molecule has 2 rings (SSSR count). The predicted molar refractivity (Wildman–Crippen MR) is 100 cm³/mol. The molecule has 0 spiro atoms. The summed E-state index contributed by atoms with van der Waals surface area (Å²) in [6, 6.07) is 5.29. The number of carbonyl (C=O) groups is 3. The predicted octanol–water partition coefficient (Wildman–Crippen LogP) is -1.28. The lowest BCUT2D eigenvalue weighted by molar-refractivity contribution is -0.157. The van der Waals surface area contributed by atoms with Crippen molar-refractivity contribution in [2.45, 2.75) is 50.0 Å². The third-order valence-corrected chi connectivity index (χ3v) is 4.62. The van der Waals surface area contributed by atoms with Crippen molar-refractivity contribution >= 4 is 23.5 Å². The van der Waals surface area contributed by atoms with Crippen LogP contribution in [0.5, 0.6) is 0 Å². The first-order valence-electron chi connectivity index (χ1n) is 8.90. The van der Waals surface area contributed by atoms with Gasteiger partial charge in [-0.05, 0) is 19.1 Å². The van der Waals surface area contributed by atoms with Crippen molar-refractivity contribution in [3.05, 3.63) is 29.8 Å². The van der Waals surface area contributed by atoms with E-state index in [1.807, 2.05) is 19.1 Å².